The first-order chi connectivity index (χ1) is 9.41. The lowest BCUT2D eigenvalue weighted by atomic mass is 10.1. The molecule has 0 aromatic heterocycles. The van der Waals surface area contributed by atoms with Crippen molar-refractivity contribution in [2.24, 2.45) is 0 Å². The number of halogens is 2. The Kier molecular flexibility index (Phi) is 6.51. The fourth-order valence-corrected chi connectivity index (χ4v) is 3.25. The number of hydrogen-bond acceptors (Lipinski definition) is 3. The summed E-state index contributed by atoms with van der Waals surface area (Å²) in [5.41, 5.74) is 0.994. The molecule has 1 aromatic rings. The molecule has 0 aliphatic carbocycles. The predicted molar refractivity (Wildman–Crippen MR) is 72.3 cm³/mol. The summed E-state index contributed by atoms with van der Waals surface area (Å²) in [7, 11) is -4.00. The predicted octanol–water partition coefficient (Wildman–Crippen LogP) is 1.89. The second-order valence-electron chi connectivity index (χ2n) is 4.37. The van der Waals surface area contributed by atoms with Crippen LogP contribution in [0.15, 0.2) is 29.2 Å². The summed E-state index contributed by atoms with van der Waals surface area (Å²) < 4.78 is 49.9. The van der Waals surface area contributed by atoms with Gasteiger partial charge in [-0.1, -0.05) is 25.5 Å². The van der Waals surface area contributed by atoms with Crippen molar-refractivity contribution < 1.29 is 22.3 Å². The highest BCUT2D eigenvalue weighted by Crippen LogP contribution is 2.18. The zero-order valence-electron chi connectivity index (χ0n) is 11.3. The first-order valence-corrected chi connectivity index (χ1v) is 7.84. The van der Waals surface area contributed by atoms with E-state index in [2.05, 4.69) is 0 Å². The molecule has 0 fully saturated rings. The zero-order chi connectivity index (χ0) is 15.2. The van der Waals surface area contributed by atoms with Crippen LogP contribution in [0.5, 0.6) is 0 Å². The van der Waals surface area contributed by atoms with Gasteiger partial charge in [0.25, 0.3) is 6.43 Å². The summed E-state index contributed by atoms with van der Waals surface area (Å²) in [4.78, 5) is -0.0357. The largest absolute Gasteiger partial charge is 0.395 e. The summed E-state index contributed by atoms with van der Waals surface area (Å²) >= 11 is 0. The van der Waals surface area contributed by atoms with Gasteiger partial charge >= 0.3 is 0 Å². The third kappa shape index (κ3) is 4.50. The quantitative estimate of drug-likeness (QED) is 0.798. The lowest BCUT2D eigenvalue weighted by Crippen LogP contribution is -2.37. The Labute approximate surface area is 118 Å². The lowest BCUT2D eigenvalue weighted by Gasteiger charge is -2.20. The normalized spacial score (nSPS) is 12.3. The van der Waals surface area contributed by atoms with E-state index in [1.165, 1.54) is 12.1 Å². The fraction of sp³-hybridized carbons (Fsp3) is 0.538. The maximum atomic E-state index is 12.4. The number of benzene rings is 1. The Morgan fingerprint density at radius 1 is 1.25 bits per heavy atom. The van der Waals surface area contributed by atoms with Crippen molar-refractivity contribution in [3.63, 3.8) is 0 Å². The fourth-order valence-electron chi connectivity index (χ4n) is 1.84. The van der Waals surface area contributed by atoms with E-state index in [1.54, 1.807) is 12.1 Å². The van der Waals surface area contributed by atoms with Crippen molar-refractivity contribution >= 4 is 10.0 Å². The van der Waals surface area contributed by atoms with Crippen LogP contribution in [0.3, 0.4) is 0 Å². The molecule has 0 saturated carbocycles. The van der Waals surface area contributed by atoms with Gasteiger partial charge in [-0.2, -0.15) is 4.31 Å². The molecule has 1 aromatic carbocycles. The minimum Gasteiger partial charge on any atom is -0.395 e. The molecule has 0 amide bonds. The van der Waals surface area contributed by atoms with Gasteiger partial charge in [0, 0.05) is 6.54 Å². The average molecular weight is 307 g/mol. The van der Waals surface area contributed by atoms with Gasteiger partial charge in [-0.05, 0) is 24.1 Å². The smallest absolute Gasteiger partial charge is 0.252 e. The Morgan fingerprint density at radius 3 is 2.30 bits per heavy atom. The molecule has 1 N–H and O–H groups in total. The van der Waals surface area contributed by atoms with E-state index >= 15 is 0 Å². The number of aliphatic hydroxyl groups excluding tert-OH is 1. The highest BCUT2D eigenvalue weighted by atomic mass is 32.2. The molecule has 0 radical (unpaired) electrons. The van der Waals surface area contributed by atoms with Gasteiger partial charge in [0.15, 0.2) is 0 Å². The van der Waals surface area contributed by atoms with Crippen molar-refractivity contribution in [2.45, 2.75) is 31.1 Å². The first-order valence-electron chi connectivity index (χ1n) is 6.40. The Balaban J connectivity index is 2.99. The highest BCUT2D eigenvalue weighted by molar-refractivity contribution is 7.89. The lowest BCUT2D eigenvalue weighted by molar-refractivity contribution is 0.113. The Hall–Kier alpha value is -1.05. The molecule has 0 unspecified atom stereocenters. The minimum atomic E-state index is -4.00. The van der Waals surface area contributed by atoms with E-state index < -0.39 is 29.6 Å². The monoisotopic (exact) mass is 307 g/mol. The molecule has 0 saturated heterocycles. The molecule has 0 spiro atoms. The van der Waals surface area contributed by atoms with Crippen molar-refractivity contribution in [2.75, 3.05) is 19.7 Å². The standard InChI is InChI=1S/C13H19F2NO3S/c1-2-3-11-4-6-12(7-5-11)20(18,19)16(8-9-17)10-13(14)15/h4-7,13,17H,2-3,8-10H2,1H3. The molecular weight excluding hydrogens is 288 g/mol. The van der Waals surface area contributed by atoms with E-state index in [1.807, 2.05) is 6.92 Å². The highest BCUT2D eigenvalue weighted by Gasteiger charge is 2.26. The van der Waals surface area contributed by atoms with Crippen LogP contribution in [-0.4, -0.2) is 44.0 Å². The van der Waals surface area contributed by atoms with Crippen LogP contribution >= 0.6 is 0 Å². The van der Waals surface area contributed by atoms with Crippen LogP contribution in [0.2, 0.25) is 0 Å². The summed E-state index contributed by atoms with van der Waals surface area (Å²) in [6.07, 6.45) is -1.01. The number of hydrogen-bond donors (Lipinski definition) is 1. The van der Waals surface area contributed by atoms with Crippen molar-refractivity contribution in [3.05, 3.63) is 29.8 Å². The number of nitrogens with zero attached hydrogens (tertiary/aromatic N) is 1. The number of rotatable bonds is 8. The number of sulfonamides is 1. The zero-order valence-corrected chi connectivity index (χ0v) is 12.1. The van der Waals surface area contributed by atoms with E-state index in [0.29, 0.717) is 4.31 Å². The molecule has 7 heteroatoms. The second kappa shape index (κ2) is 7.66. The molecule has 114 valence electrons. The summed E-state index contributed by atoms with van der Waals surface area (Å²) in [5.74, 6) is 0. The average Bonchev–Trinajstić information content (AvgIpc) is 2.39. The number of aryl methyl sites for hydroxylation is 1. The third-order valence-corrected chi connectivity index (χ3v) is 4.67. The van der Waals surface area contributed by atoms with Gasteiger partial charge in [-0.25, -0.2) is 17.2 Å². The topological polar surface area (TPSA) is 57.6 Å². The van der Waals surface area contributed by atoms with Crippen molar-refractivity contribution in [1.29, 1.82) is 0 Å². The van der Waals surface area contributed by atoms with Gasteiger partial charge in [-0.15, -0.1) is 0 Å². The SMILES string of the molecule is CCCc1ccc(S(=O)(=O)N(CCO)CC(F)F)cc1. The molecule has 1 rings (SSSR count). The maximum absolute atomic E-state index is 12.4. The summed E-state index contributed by atoms with van der Waals surface area (Å²) in [6.45, 7) is 0.249. The molecule has 0 heterocycles. The van der Waals surface area contributed by atoms with Crippen LogP contribution < -0.4 is 0 Å². The molecule has 0 bridgehead atoms. The van der Waals surface area contributed by atoms with E-state index in [0.717, 1.165) is 18.4 Å². The van der Waals surface area contributed by atoms with E-state index in [-0.39, 0.29) is 11.4 Å². The van der Waals surface area contributed by atoms with Crippen LogP contribution in [0.25, 0.3) is 0 Å². The Bertz CT molecular complexity index is 503. The van der Waals surface area contributed by atoms with Crippen molar-refractivity contribution in [3.8, 4) is 0 Å². The van der Waals surface area contributed by atoms with Gasteiger partial charge in [-0.3, -0.25) is 0 Å². The van der Waals surface area contributed by atoms with Crippen LogP contribution in [0, 0.1) is 0 Å². The van der Waals surface area contributed by atoms with Gasteiger partial charge < -0.3 is 5.11 Å². The van der Waals surface area contributed by atoms with Crippen molar-refractivity contribution in [1.82, 2.24) is 4.31 Å². The van der Waals surface area contributed by atoms with E-state index in [9.17, 15) is 17.2 Å². The van der Waals surface area contributed by atoms with Crippen LogP contribution in [0.4, 0.5) is 8.78 Å². The number of aliphatic hydroxyl groups is 1. The molecule has 0 aliphatic heterocycles. The van der Waals surface area contributed by atoms with Gasteiger partial charge in [0.05, 0.1) is 18.0 Å². The molecule has 20 heavy (non-hydrogen) atoms. The van der Waals surface area contributed by atoms with E-state index in [4.69, 9.17) is 5.11 Å². The molecule has 4 nitrogen and oxygen atoms in total. The second-order valence-corrected chi connectivity index (χ2v) is 6.31. The van der Waals surface area contributed by atoms with Gasteiger partial charge in [0.2, 0.25) is 10.0 Å². The maximum Gasteiger partial charge on any atom is 0.252 e. The molecule has 0 aliphatic rings. The van der Waals surface area contributed by atoms with Gasteiger partial charge in [0.1, 0.15) is 0 Å². The third-order valence-electron chi connectivity index (χ3n) is 2.79. The molecular formula is C13H19F2NO3S. The number of alkyl halides is 2. The minimum absolute atomic E-state index is 0.0357. The molecule has 0 atom stereocenters. The summed E-state index contributed by atoms with van der Waals surface area (Å²) in [6, 6.07) is 6.18. The summed E-state index contributed by atoms with van der Waals surface area (Å²) in [5, 5.41) is 8.82. The van der Waals surface area contributed by atoms with Crippen LogP contribution in [0.1, 0.15) is 18.9 Å². The van der Waals surface area contributed by atoms with Crippen LogP contribution in [-0.2, 0) is 16.4 Å². The Morgan fingerprint density at radius 2 is 1.85 bits per heavy atom. The first kappa shape index (κ1) is 17.0.